The number of alkyl halides is 7. The molecule has 7 nitrogen and oxygen atoms in total. The number of aromatic carboxylic acids is 1. The molecule has 0 spiro atoms. The fourth-order valence-electron chi connectivity index (χ4n) is 2.68. The standard InChI is InChI=1S/C19H14F7NO6S/c1-2-34(31,32)33-13-5-3-4-12(14(13)16(29)30)15(28)27-11-8-6-10(7-9-11)17(20,18(21,22)23)19(24,25)26/h3-9H,2H2,1H3,(H,27,28)(H,29,30). The molecule has 0 aliphatic rings. The molecule has 2 aromatic rings. The Bertz CT molecular complexity index is 1180. The van der Waals surface area contributed by atoms with Gasteiger partial charge < -0.3 is 14.6 Å². The molecule has 2 N–H and O–H groups in total. The van der Waals surface area contributed by atoms with Crippen LogP contribution in [0.25, 0.3) is 0 Å². The number of rotatable bonds is 7. The summed E-state index contributed by atoms with van der Waals surface area (Å²) < 4.78 is 119. The Morgan fingerprint density at radius 3 is 1.91 bits per heavy atom. The zero-order valence-electron chi connectivity index (χ0n) is 16.8. The summed E-state index contributed by atoms with van der Waals surface area (Å²) in [4.78, 5) is 24.1. The van der Waals surface area contributed by atoms with Crippen LogP contribution < -0.4 is 9.50 Å². The van der Waals surface area contributed by atoms with Gasteiger partial charge in [-0.3, -0.25) is 4.79 Å². The molecule has 34 heavy (non-hydrogen) atoms. The van der Waals surface area contributed by atoms with Gasteiger partial charge in [0.25, 0.3) is 5.91 Å². The third-order valence-electron chi connectivity index (χ3n) is 4.38. The molecule has 0 saturated carbocycles. The Morgan fingerprint density at radius 1 is 0.941 bits per heavy atom. The van der Waals surface area contributed by atoms with Crippen LogP contribution in [0.4, 0.5) is 36.4 Å². The minimum atomic E-state index is -6.33. The molecule has 0 fully saturated rings. The predicted octanol–water partition coefficient (Wildman–Crippen LogP) is 4.66. The maximum Gasteiger partial charge on any atom is 0.435 e. The van der Waals surface area contributed by atoms with Crippen molar-refractivity contribution in [2.75, 3.05) is 11.1 Å². The molecule has 186 valence electrons. The van der Waals surface area contributed by atoms with Crippen molar-refractivity contribution >= 4 is 27.7 Å². The first kappa shape index (κ1) is 26.9. The number of hydrogen-bond acceptors (Lipinski definition) is 5. The number of carbonyl (C=O) groups excluding carboxylic acids is 1. The van der Waals surface area contributed by atoms with E-state index in [4.69, 9.17) is 0 Å². The predicted molar refractivity (Wildman–Crippen MR) is 103 cm³/mol. The van der Waals surface area contributed by atoms with Crippen LogP contribution in [-0.2, 0) is 15.8 Å². The first-order chi connectivity index (χ1) is 15.4. The van der Waals surface area contributed by atoms with Crippen molar-refractivity contribution in [3.63, 3.8) is 0 Å². The minimum Gasteiger partial charge on any atom is -0.478 e. The number of benzene rings is 2. The summed E-state index contributed by atoms with van der Waals surface area (Å²) in [6.07, 6.45) is -12.7. The maximum absolute atomic E-state index is 14.1. The Labute approximate surface area is 187 Å². The normalized spacial score (nSPS) is 12.8. The molecular weight excluding hydrogens is 503 g/mol. The van der Waals surface area contributed by atoms with E-state index >= 15 is 0 Å². The number of halogens is 7. The summed E-state index contributed by atoms with van der Waals surface area (Å²) in [5, 5.41) is 11.4. The van der Waals surface area contributed by atoms with Gasteiger partial charge in [-0.25, -0.2) is 9.18 Å². The maximum atomic E-state index is 14.1. The molecule has 0 heterocycles. The van der Waals surface area contributed by atoms with E-state index in [0.717, 1.165) is 18.2 Å². The quantitative estimate of drug-likeness (QED) is 0.409. The van der Waals surface area contributed by atoms with Crippen molar-refractivity contribution in [3.8, 4) is 5.75 Å². The fraction of sp³-hybridized carbons (Fsp3) is 0.263. The lowest BCUT2D eigenvalue weighted by atomic mass is 9.94. The van der Waals surface area contributed by atoms with Gasteiger partial charge in [0.05, 0.1) is 11.3 Å². The molecule has 0 atom stereocenters. The van der Waals surface area contributed by atoms with Gasteiger partial charge in [-0.05, 0) is 31.2 Å². The van der Waals surface area contributed by atoms with E-state index in [-0.39, 0.29) is 12.1 Å². The van der Waals surface area contributed by atoms with E-state index in [2.05, 4.69) is 4.18 Å². The highest BCUT2D eigenvalue weighted by molar-refractivity contribution is 7.87. The van der Waals surface area contributed by atoms with Gasteiger partial charge >= 0.3 is 34.1 Å². The van der Waals surface area contributed by atoms with Crippen LogP contribution in [0, 0.1) is 0 Å². The third-order valence-corrected chi connectivity index (χ3v) is 5.52. The van der Waals surface area contributed by atoms with Crippen LogP contribution in [-0.4, -0.2) is 43.5 Å². The topological polar surface area (TPSA) is 110 Å². The molecule has 1 amide bonds. The summed E-state index contributed by atoms with van der Waals surface area (Å²) in [6.45, 7) is 1.21. The first-order valence-electron chi connectivity index (χ1n) is 8.97. The molecule has 0 radical (unpaired) electrons. The number of hydrogen-bond donors (Lipinski definition) is 2. The Hall–Kier alpha value is -3.36. The highest BCUT2D eigenvalue weighted by Gasteiger charge is 2.73. The van der Waals surface area contributed by atoms with Crippen LogP contribution in [0.3, 0.4) is 0 Å². The second-order valence-electron chi connectivity index (χ2n) is 6.60. The lowest BCUT2D eigenvalue weighted by Gasteiger charge is -2.30. The van der Waals surface area contributed by atoms with Crippen molar-refractivity contribution in [2.24, 2.45) is 0 Å². The van der Waals surface area contributed by atoms with Gasteiger partial charge in [0, 0.05) is 11.3 Å². The van der Waals surface area contributed by atoms with Crippen LogP contribution in [0.1, 0.15) is 33.2 Å². The van der Waals surface area contributed by atoms with Gasteiger partial charge in [0.2, 0.25) is 0 Å². The second-order valence-corrected chi connectivity index (χ2v) is 8.46. The van der Waals surface area contributed by atoms with E-state index in [1.807, 2.05) is 5.32 Å². The summed E-state index contributed by atoms with van der Waals surface area (Å²) in [7, 11) is -4.19. The smallest absolute Gasteiger partial charge is 0.435 e. The summed E-state index contributed by atoms with van der Waals surface area (Å²) >= 11 is 0. The van der Waals surface area contributed by atoms with E-state index < -0.39 is 73.9 Å². The number of amides is 1. The van der Waals surface area contributed by atoms with Crippen LogP contribution in [0.2, 0.25) is 0 Å². The molecule has 2 rings (SSSR count). The van der Waals surface area contributed by atoms with Crippen LogP contribution in [0.15, 0.2) is 42.5 Å². The van der Waals surface area contributed by atoms with E-state index in [1.165, 1.54) is 6.92 Å². The molecule has 0 aromatic heterocycles. The van der Waals surface area contributed by atoms with Gasteiger partial charge in [0.1, 0.15) is 5.56 Å². The molecule has 0 aliphatic heterocycles. The second kappa shape index (κ2) is 9.12. The van der Waals surface area contributed by atoms with Crippen LogP contribution >= 0.6 is 0 Å². The first-order valence-corrected chi connectivity index (χ1v) is 10.5. The molecule has 15 heteroatoms. The van der Waals surface area contributed by atoms with Crippen molar-refractivity contribution < 1.29 is 58.0 Å². The number of nitrogens with one attached hydrogen (secondary N) is 1. The molecular formula is C19H14F7NO6S. The van der Waals surface area contributed by atoms with Crippen molar-refractivity contribution in [2.45, 2.75) is 24.9 Å². The molecule has 2 aromatic carbocycles. The van der Waals surface area contributed by atoms with Gasteiger partial charge in [-0.1, -0.05) is 18.2 Å². The molecule has 0 saturated heterocycles. The zero-order valence-corrected chi connectivity index (χ0v) is 17.6. The van der Waals surface area contributed by atoms with Gasteiger partial charge in [-0.2, -0.15) is 34.8 Å². The Balaban J connectivity index is 2.42. The number of anilines is 1. The highest BCUT2D eigenvalue weighted by atomic mass is 32.2. The highest BCUT2D eigenvalue weighted by Crippen LogP contribution is 2.53. The average molecular weight is 517 g/mol. The van der Waals surface area contributed by atoms with Crippen molar-refractivity contribution in [3.05, 3.63) is 59.2 Å². The van der Waals surface area contributed by atoms with Crippen molar-refractivity contribution in [1.29, 1.82) is 0 Å². The fourth-order valence-corrected chi connectivity index (χ4v) is 3.21. The number of carboxylic acid groups (broad SMARTS) is 1. The SMILES string of the molecule is CCS(=O)(=O)Oc1cccc(C(=O)Nc2ccc(C(F)(C(F)(F)F)C(F)(F)F)cc2)c1C(=O)O. The van der Waals surface area contributed by atoms with E-state index in [0.29, 0.717) is 12.1 Å². The number of carboxylic acids is 1. The molecule has 0 bridgehead atoms. The van der Waals surface area contributed by atoms with E-state index in [1.54, 1.807) is 0 Å². The average Bonchev–Trinajstić information content (AvgIpc) is 2.71. The minimum absolute atomic E-state index is 0.155. The van der Waals surface area contributed by atoms with E-state index in [9.17, 15) is 53.8 Å². The Morgan fingerprint density at radius 2 is 1.47 bits per heavy atom. The molecule has 0 aliphatic carbocycles. The largest absolute Gasteiger partial charge is 0.478 e. The lowest BCUT2D eigenvalue weighted by Crippen LogP contribution is -2.50. The summed E-state index contributed by atoms with van der Waals surface area (Å²) in [5.41, 5.74) is -9.38. The monoisotopic (exact) mass is 517 g/mol. The summed E-state index contributed by atoms with van der Waals surface area (Å²) in [5.74, 6) is -4.21. The zero-order chi connectivity index (χ0) is 26.1. The Kier molecular flexibility index (Phi) is 7.21. The third kappa shape index (κ3) is 5.24. The lowest BCUT2D eigenvalue weighted by molar-refractivity contribution is -0.348. The number of carbonyl (C=O) groups is 2. The van der Waals surface area contributed by atoms with Gasteiger partial charge in [0.15, 0.2) is 5.75 Å². The molecule has 0 unspecified atom stereocenters. The van der Waals surface area contributed by atoms with Crippen LogP contribution in [0.5, 0.6) is 5.75 Å². The van der Waals surface area contributed by atoms with Gasteiger partial charge in [-0.15, -0.1) is 0 Å². The van der Waals surface area contributed by atoms with Crippen molar-refractivity contribution in [1.82, 2.24) is 0 Å². The summed E-state index contributed by atoms with van der Waals surface area (Å²) in [6, 6.07) is 4.39.